The predicted molar refractivity (Wildman–Crippen MR) is 114 cm³/mol. The Morgan fingerprint density at radius 2 is 1.79 bits per heavy atom. The maximum absolute atomic E-state index is 13.4. The summed E-state index contributed by atoms with van der Waals surface area (Å²) in [5.74, 6) is 1.30. The lowest BCUT2D eigenvalue weighted by molar-refractivity contribution is 0.564. The van der Waals surface area contributed by atoms with Crippen molar-refractivity contribution in [3.63, 3.8) is 0 Å². The van der Waals surface area contributed by atoms with E-state index in [0.717, 1.165) is 35.6 Å². The fraction of sp³-hybridized carbons (Fsp3) is 0.286. The molecule has 2 heterocycles. The summed E-state index contributed by atoms with van der Waals surface area (Å²) >= 11 is 1.47. The van der Waals surface area contributed by atoms with Crippen molar-refractivity contribution < 1.29 is 0 Å². The van der Waals surface area contributed by atoms with Crippen LogP contribution in [0.3, 0.4) is 0 Å². The number of aryl methyl sites for hydroxylation is 3. The Hall–Kier alpha value is -3.00. The number of hydrogen-bond acceptors (Lipinski definition) is 6. The van der Waals surface area contributed by atoms with Crippen LogP contribution in [-0.4, -0.2) is 29.8 Å². The summed E-state index contributed by atoms with van der Waals surface area (Å²) in [6.45, 7) is 6.88. The zero-order valence-electron chi connectivity index (χ0n) is 16.7. The fourth-order valence-electron chi connectivity index (χ4n) is 3.41. The molecule has 0 aliphatic rings. The number of fused-ring (bicyclic) bond motifs is 1. The third-order valence-corrected chi connectivity index (χ3v) is 5.71. The predicted octanol–water partition coefficient (Wildman–Crippen LogP) is 3.69. The number of para-hydroxylation sites is 2. The van der Waals surface area contributed by atoms with Crippen molar-refractivity contribution in [3.05, 3.63) is 69.8 Å². The fourth-order valence-corrected chi connectivity index (χ4v) is 4.34. The lowest BCUT2D eigenvalue weighted by Crippen LogP contribution is -2.23. The van der Waals surface area contributed by atoms with Crippen LogP contribution in [0.1, 0.15) is 30.3 Å². The summed E-state index contributed by atoms with van der Waals surface area (Å²) in [6.07, 6.45) is 0.948. The average Bonchev–Trinajstić information content (AvgIpc) is 3.15. The number of aromatic nitrogens is 6. The number of rotatable bonds is 6. The van der Waals surface area contributed by atoms with Gasteiger partial charge in [0.15, 0.2) is 11.0 Å². The molecule has 0 saturated carbocycles. The Morgan fingerprint density at radius 3 is 2.55 bits per heavy atom. The Morgan fingerprint density at radius 1 is 1.03 bits per heavy atom. The summed E-state index contributed by atoms with van der Waals surface area (Å²) in [5.41, 5.74) is 3.56. The van der Waals surface area contributed by atoms with Gasteiger partial charge in [-0.1, -0.05) is 49.0 Å². The largest absolute Gasteiger partial charge is 0.268 e. The van der Waals surface area contributed by atoms with Crippen molar-refractivity contribution in [1.29, 1.82) is 0 Å². The van der Waals surface area contributed by atoms with Gasteiger partial charge in [-0.3, -0.25) is 9.36 Å². The van der Waals surface area contributed by atoms with Crippen LogP contribution in [0.5, 0.6) is 0 Å². The highest BCUT2D eigenvalue weighted by atomic mass is 32.2. The van der Waals surface area contributed by atoms with E-state index < -0.39 is 0 Å². The highest BCUT2D eigenvalue weighted by Crippen LogP contribution is 2.27. The van der Waals surface area contributed by atoms with Crippen LogP contribution in [-0.2, 0) is 12.3 Å². The van der Waals surface area contributed by atoms with Gasteiger partial charge in [0, 0.05) is 6.54 Å². The first-order chi connectivity index (χ1) is 14.1. The molecule has 0 fully saturated rings. The third kappa shape index (κ3) is 3.67. The molecule has 0 amide bonds. The molecule has 2 aromatic heterocycles. The highest BCUT2D eigenvalue weighted by molar-refractivity contribution is 7.98. The van der Waals surface area contributed by atoms with Crippen molar-refractivity contribution in [2.24, 2.45) is 0 Å². The average molecular weight is 407 g/mol. The normalized spacial score (nSPS) is 11.3. The molecule has 7 nitrogen and oxygen atoms in total. The molecule has 4 aromatic rings. The van der Waals surface area contributed by atoms with Crippen LogP contribution in [0.15, 0.2) is 52.4 Å². The van der Waals surface area contributed by atoms with Gasteiger partial charge in [0.05, 0.1) is 22.3 Å². The van der Waals surface area contributed by atoms with Crippen molar-refractivity contribution in [1.82, 2.24) is 29.8 Å². The molecule has 0 aliphatic heterocycles. The van der Waals surface area contributed by atoms with E-state index in [1.807, 2.05) is 56.3 Å². The summed E-state index contributed by atoms with van der Waals surface area (Å²) in [7, 11) is 0. The summed E-state index contributed by atoms with van der Waals surface area (Å²) < 4.78 is 3.53. The molecule has 0 N–H and O–H groups in total. The van der Waals surface area contributed by atoms with E-state index in [-0.39, 0.29) is 5.56 Å². The molecule has 0 unspecified atom stereocenters. The van der Waals surface area contributed by atoms with Gasteiger partial charge in [-0.2, -0.15) is 0 Å². The quantitative estimate of drug-likeness (QED) is 0.359. The molecule has 0 spiro atoms. The van der Waals surface area contributed by atoms with Crippen LogP contribution in [0.25, 0.3) is 16.6 Å². The van der Waals surface area contributed by atoms with Crippen molar-refractivity contribution in [3.8, 4) is 5.69 Å². The number of benzene rings is 2. The van der Waals surface area contributed by atoms with E-state index in [4.69, 9.17) is 4.98 Å². The minimum atomic E-state index is -0.0661. The Labute approximate surface area is 172 Å². The van der Waals surface area contributed by atoms with Crippen molar-refractivity contribution in [2.75, 3.05) is 0 Å². The highest BCUT2D eigenvalue weighted by Gasteiger charge is 2.17. The number of thioether (sulfide) groups is 1. The standard InChI is InChI=1S/C21H22N6OS/c1-4-12-26-18(23-24-25-26)13-29-21-22-17-11-6-5-10-16(17)20(28)27(21)19-14(2)8-7-9-15(19)3/h5-11H,4,12-13H2,1-3H3. The van der Waals surface area contributed by atoms with Gasteiger partial charge < -0.3 is 0 Å². The second-order valence-electron chi connectivity index (χ2n) is 6.90. The minimum absolute atomic E-state index is 0.0661. The van der Waals surface area contributed by atoms with Crippen LogP contribution in [0.2, 0.25) is 0 Å². The van der Waals surface area contributed by atoms with Gasteiger partial charge in [-0.15, -0.1) is 5.10 Å². The van der Waals surface area contributed by atoms with E-state index in [2.05, 4.69) is 22.4 Å². The van der Waals surface area contributed by atoms with Gasteiger partial charge in [0.1, 0.15) is 0 Å². The number of hydrogen-bond donors (Lipinski definition) is 0. The maximum Gasteiger partial charge on any atom is 0.266 e. The maximum atomic E-state index is 13.4. The van der Waals surface area contributed by atoms with E-state index >= 15 is 0 Å². The Bertz CT molecular complexity index is 1210. The summed E-state index contributed by atoms with van der Waals surface area (Å²) in [5, 5.41) is 13.2. The lowest BCUT2D eigenvalue weighted by Gasteiger charge is -2.17. The number of nitrogens with zero attached hydrogens (tertiary/aromatic N) is 6. The van der Waals surface area contributed by atoms with Gasteiger partial charge in [-0.25, -0.2) is 9.67 Å². The van der Waals surface area contributed by atoms with Crippen molar-refractivity contribution >= 4 is 22.7 Å². The molecule has 29 heavy (non-hydrogen) atoms. The van der Waals surface area contributed by atoms with Crippen molar-refractivity contribution in [2.45, 2.75) is 44.6 Å². The first kappa shape index (κ1) is 19.3. The summed E-state index contributed by atoms with van der Waals surface area (Å²) in [4.78, 5) is 18.3. The molecule has 0 bridgehead atoms. The third-order valence-electron chi connectivity index (χ3n) is 4.78. The molecular weight excluding hydrogens is 384 g/mol. The van der Waals surface area contributed by atoms with Crippen LogP contribution in [0, 0.1) is 13.8 Å². The molecule has 2 aromatic carbocycles. The van der Waals surface area contributed by atoms with E-state index in [1.165, 1.54) is 11.8 Å². The lowest BCUT2D eigenvalue weighted by atomic mass is 10.1. The van der Waals surface area contributed by atoms with Gasteiger partial charge in [0.25, 0.3) is 5.56 Å². The van der Waals surface area contributed by atoms with Crippen LogP contribution < -0.4 is 5.56 Å². The zero-order chi connectivity index (χ0) is 20.4. The molecule has 4 rings (SSSR count). The Balaban J connectivity index is 1.86. The summed E-state index contributed by atoms with van der Waals surface area (Å²) in [6, 6.07) is 13.5. The number of tetrazole rings is 1. The molecule has 0 aliphatic carbocycles. The topological polar surface area (TPSA) is 78.5 Å². The molecule has 0 radical (unpaired) electrons. The van der Waals surface area contributed by atoms with E-state index in [1.54, 1.807) is 9.25 Å². The first-order valence-electron chi connectivity index (χ1n) is 9.56. The molecule has 8 heteroatoms. The van der Waals surface area contributed by atoms with Crippen LogP contribution >= 0.6 is 11.8 Å². The molecular formula is C21H22N6OS. The minimum Gasteiger partial charge on any atom is -0.268 e. The molecule has 148 valence electrons. The smallest absolute Gasteiger partial charge is 0.266 e. The zero-order valence-corrected chi connectivity index (χ0v) is 17.5. The molecule has 0 saturated heterocycles. The first-order valence-corrected chi connectivity index (χ1v) is 10.5. The second-order valence-corrected chi connectivity index (χ2v) is 7.84. The monoisotopic (exact) mass is 406 g/mol. The van der Waals surface area contributed by atoms with E-state index in [9.17, 15) is 4.79 Å². The van der Waals surface area contributed by atoms with Gasteiger partial charge in [-0.05, 0) is 54.0 Å². The van der Waals surface area contributed by atoms with Gasteiger partial charge >= 0.3 is 0 Å². The van der Waals surface area contributed by atoms with Crippen LogP contribution in [0.4, 0.5) is 0 Å². The van der Waals surface area contributed by atoms with Gasteiger partial charge in [0.2, 0.25) is 0 Å². The SMILES string of the molecule is CCCn1nnnc1CSc1nc2ccccc2c(=O)n1-c1c(C)cccc1C. The second kappa shape index (κ2) is 8.16. The Kier molecular flexibility index (Phi) is 5.44. The molecule has 0 atom stereocenters. The van der Waals surface area contributed by atoms with E-state index in [0.29, 0.717) is 21.8 Å².